The number of alkyl halides is 1. The third-order valence-corrected chi connectivity index (χ3v) is 8.82. The highest BCUT2D eigenvalue weighted by Crippen LogP contribution is 2.34. The zero-order chi connectivity index (χ0) is 27.9. The van der Waals surface area contributed by atoms with Crippen LogP contribution in [0.2, 0.25) is 0 Å². The highest BCUT2D eigenvalue weighted by molar-refractivity contribution is 7.99. The van der Waals surface area contributed by atoms with Gasteiger partial charge in [-0.2, -0.15) is 0 Å². The summed E-state index contributed by atoms with van der Waals surface area (Å²) < 4.78 is 69.6. The van der Waals surface area contributed by atoms with E-state index in [-0.39, 0.29) is 35.2 Å². The molecular weight excluding hydrogens is 541 g/mol. The normalized spacial score (nSPS) is 16.2. The Kier molecular flexibility index (Phi) is 10.2. The molecular formula is C25H31F3N4O4S2. The molecule has 2 aromatic carbocycles. The lowest BCUT2D eigenvalue weighted by Gasteiger charge is -2.27. The molecule has 38 heavy (non-hydrogen) atoms. The van der Waals surface area contributed by atoms with Gasteiger partial charge in [0.15, 0.2) is 5.67 Å². The summed E-state index contributed by atoms with van der Waals surface area (Å²) in [7, 11) is -0.690. The Morgan fingerprint density at radius 3 is 2.47 bits per heavy atom. The summed E-state index contributed by atoms with van der Waals surface area (Å²) in [5, 5.41) is 6.09. The standard InChI is InChI=1S/C25H31F3N4O4S2/c1-32(2)13-10-18(16-37-23-9-6-17(26)14-20(23)27)29-21-8-7-19(15-22(21)30-34)38(35,36)31-24(33)25(28)11-4-3-5-12-25/h6-9,14-15,18,29H,3-5,10-13,16H2,1-2H3,(H,31,33)/t18-/m1/s1. The van der Waals surface area contributed by atoms with Crippen molar-refractivity contribution < 1.29 is 26.4 Å². The molecule has 0 spiro atoms. The molecule has 1 aliphatic rings. The lowest BCUT2D eigenvalue weighted by molar-refractivity contribution is -0.133. The summed E-state index contributed by atoms with van der Waals surface area (Å²) in [6, 6.07) is 6.55. The van der Waals surface area contributed by atoms with Crippen LogP contribution in [0.15, 0.2) is 51.4 Å². The lowest BCUT2D eigenvalue weighted by atomic mass is 9.86. The van der Waals surface area contributed by atoms with Crippen LogP contribution in [0.5, 0.6) is 0 Å². The largest absolute Gasteiger partial charge is 0.380 e. The zero-order valence-corrected chi connectivity index (χ0v) is 22.8. The van der Waals surface area contributed by atoms with Crippen LogP contribution in [0, 0.1) is 16.5 Å². The van der Waals surface area contributed by atoms with E-state index < -0.39 is 38.1 Å². The summed E-state index contributed by atoms with van der Waals surface area (Å²) in [5.41, 5.74) is -2.23. The number of hydrogen-bond acceptors (Lipinski definition) is 8. The van der Waals surface area contributed by atoms with Crippen LogP contribution in [0.25, 0.3) is 0 Å². The first-order valence-electron chi connectivity index (χ1n) is 12.2. The fraction of sp³-hybridized carbons (Fsp3) is 0.480. The quantitative estimate of drug-likeness (QED) is 0.260. The average molecular weight is 573 g/mol. The van der Waals surface area contributed by atoms with Crippen LogP contribution < -0.4 is 10.0 Å². The summed E-state index contributed by atoms with van der Waals surface area (Å²) in [6.45, 7) is 0.650. The number of nitrogens with zero attached hydrogens (tertiary/aromatic N) is 2. The average Bonchev–Trinajstić information content (AvgIpc) is 2.86. The number of anilines is 1. The summed E-state index contributed by atoms with van der Waals surface area (Å²) >= 11 is 1.17. The maximum atomic E-state index is 14.9. The fourth-order valence-electron chi connectivity index (χ4n) is 4.10. The van der Waals surface area contributed by atoms with E-state index in [1.165, 1.54) is 36.0 Å². The molecule has 1 amide bonds. The molecule has 1 saturated carbocycles. The van der Waals surface area contributed by atoms with Gasteiger partial charge in [-0.1, -0.05) is 6.42 Å². The maximum Gasteiger partial charge on any atom is 0.271 e. The summed E-state index contributed by atoms with van der Waals surface area (Å²) in [5.74, 6) is -2.23. The minimum atomic E-state index is -4.45. The Labute approximate surface area is 224 Å². The molecule has 0 aliphatic heterocycles. The predicted molar refractivity (Wildman–Crippen MR) is 142 cm³/mol. The number of amides is 1. The van der Waals surface area contributed by atoms with Gasteiger partial charge < -0.3 is 10.2 Å². The van der Waals surface area contributed by atoms with Crippen LogP contribution in [-0.4, -0.2) is 57.3 Å². The van der Waals surface area contributed by atoms with E-state index in [1.54, 1.807) is 4.72 Å². The molecule has 0 heterocycles. The molecule has 1 aliphatic carbocycles. The van der Waals surface area contributed by atoms with Crippen molar-refractivity contribution in [2.24, 2.45) is 5.18 Å². The van der Waals surface area contributed by atoms with Crippen molar-refractivity contribution in [1.82, 2.24) is 9.62 Å². The number of sulfonamides is 1. The van der Waals surface area contributed by atoms with Crippen molar-refractivity contribution in [2.75, 3.05) is 31.7 Å². The molecule has 0 saturated heterocycles. The highest BCUT2D eigenvalue weighted by atomic mass is 32.2. The van der Waals surface area contributed by atoms with E-state index >= 15 is 0 Å². The van der Waals surface area contributed by atoms with Crippen LogP contribution in [0.3, 0.4) is 0 Å². The van der Waals surface area contributed by atoms with Crippen LogP contribution in [0.4, 0.5) is 24.5 Å². The number of hydrogen-bond donors (Lipinski definition) is 2. The third kappa shape index (κ3) is 7.93. The van der Waals surface area contributed by atoms with Crippen LogP contribution >= 0.6 is 11.8 Å². The predicted octanol–water partition coefficient (Wildman–Crippen LogP) is 5.36. The number of nitrogens with one attached hydrogen (secondary N) is 2. The topological polar surface area (TPSA) is 108 Å². The van der Waals surface area contributed by atoms with Gasteiger partial charge in [-0.3, -0.25) is 4.79 Å². The smallest absolute Gasteiger partial charge is 0.271 e. The number of thioether (sulfide) groups is 1. The molecule has 1 fully saturated rings. The van der Waals surface area contributed by atoms with Gasteiger partial charge in [-0.15, -0.1) is 16.7 Å². The Morgan fingerprint density at radius 2 is 1.84 bits per heavy atom. The van der Waals surface area contributed by atoms with Gasteiger partial charge in [0.2, 0.25) is 0 Å². The van der Waals surface area contributed by atoms with E-state index in [9.17, 15) is 31.3 Å². The number of nitroso groups, excluding NO2 is 1. The minimum absolute atomic E-state index is 0.0491. The Bertz CT molecular complexity index is 1260. The first-order valence-corrected chi connectivity index (χ1v) is 14.6. The molecule has 8 nitrogen and oxygen atoms in total. The Morgan fingerprint density at radius 1 is 1.13 bits per heavy atom. The number of carbonyl (C=O) groups excluding carboxylic acids is 1. The lowest BCUT2D eigenvalue weighted by Crippen LogP contribution is -2.46. The summed E-state index contributed by atoms with van der Waals surface area (Å²) in [4.78, 5) is 25.8. The van der Waals surface area contributed by atoms with Gasteiger partial charge in [-0.05, 0) is 88.3 Å². The van der Waals surface area contributed by atoms with Gasteiger partial charge in [0.05, 0.1) is 10.6 Å². The maximum absolute atomic E-state index is 14.9. The van der Waals surface area contributed by atoms with Gasteiger partial charge in [-0.25, -0.2) is 26.3 Å². The molecule has 0 radical (unpaired) electrons. The van der Waals surface area contributed by atoms with E-state index in [4.69, 9.17) is 0 Å². The Hall–Kier alpha value is -2.64. The molecule has 208 valence electrons. The van der Waals surface area contributed by atoms with Crippen molar-refractivity contribution in [3.63, 3.8) is 0 Å². The number of carbonyl (C=O) groups is 1. The van der Waals surface area contributed by atoms with Crippen molar-refractivity contribution in [3.05, 3.63) is 52.9 Å². The highest BCUT2D eigenvalue weighted by Gasteiger charge is 2.41. The first kappa shape index (κ1) is 29.9. The summed E-state index contributed by atoms with van der Waals surface area (Å²) in [6.07, 6.45) is 2.24. The number of halogens is 3. The van der Waals surface area contributed by atoms with E-state index in [0.29, 0.717) is 31.6 Å². The van der Waals surface area contributed by atoms with Crippen LogP contribution in [0.1, 0.15) is 38.5 Å². The van der Waals surface area contributed by atoms with Crippen molar-refractivity contribution >= 4 is 39.1 Å². The first-order chi connectivity index (χ1) is 17.9. The molecule has 1 atom stereocenters. The Balaban J connectivity index is 1.76. The van der Waals surface area contributed by atoms with E-state index in [0.717, 1.165) is 18.6 Å². The number of rotatable bonds is 12. The van der Waals surface area contributed by atoms with Crippen molar-refractivity contribution in [3.8, 4) is 0 Å². The van der Waals surface area contributed by atoms with Gasteiger partial charge in [0.1, 0.15) is 17.3 Å². The van der Waals surface area contributed by atoms with Crippen molar-refractivity contribution in [2.45, 2.75) is 60.0 Å². The fourth-order valence-corrected chi connectivity index (χ4v) is 6.15. The molecule has 0 aromatic heterocycles. The molecule has 0 unspecified atom stereocenters. The zero-order valence-electron chi connectivity index (χ0n) is 21.2. The van der Waals surface area contributed by atoms with Gasteiger partial charge in [0, 0.05) is 22.8 Å². The molecule has 0 bridgehead atoms. The minimum Gasteiger partial charge on any atom is -0.380 e. The monoisotopic (exact) mass is 572 g/mol. The van der Waals surface area contributed by atoms with E-state index in [2.05, 4.69) is 10.5 Å². The third-order valence-electron chi connectivity index (χ3n) is 6.28. The van der Waals surface area contributed by atoms with E-state index in [1.807, 2.05) is 19.0 Å². The van der Waals surface area contributed by atoms with Gasteiger partial charge >= 0.3 is 0 Å². The number of benzene rings is 2. The second-order valence-electron chi connectivity index (χ2n) is 9.55. The molecule has 13 heteroatoms. The van der Waals surface area contributed by atoms with Crippen molar-refractivity contribution in [1.29, 1.82) is 0 Å². The second-order valence-corrected chi connectivity index (χ2v) is 12.3. The second kappa shape index (κ2) is 12.9. The SMILES string of the molecule is CN(C)CC[C@H](CSc1ccc(F)cc1F)Nc1ccc(S(=O)(=O)NC(=O)C2(F)CCCCC2)cc1N=O. The molecule has 3 rings (SSSR count). The molecule has 2 aromatic rings. The molecule has 2 N–H and O–H groups in total. The van der Waals surface area contributed by atoms with Crippen LogP contribution in [-0.2, 0) is 14.8 Å². The van der Waals surface area contributed by atoms with Gasteiger partial charge in [0.25, 0.3) is 15.9 Å².